The van der Waals surface area contributed by atoms with Gasteiger partial charge in [-0.15, -0.1) is 0 Å². The van der Waals surface area contributed by atoms with Gasteiger partial charge in [-0.1, -0.05) is 24.3 Å². The first-order valence-corrected chi connectivity index (χ1v) is 6.20. The van der Waals surface area contributed by atoms with Gasteiger partial charge in [0.25, 0.3) is 11.8 Å². The van der Waals surface area contributed by atoms with Crippen LogP contribution in [-0.4, -0.2) is 11.8 Å². The number of carbonyl (C=O) groups is 2. The van der Waals surface area contributed by atoms with Crippen LogP contribution in [0.5, 0.6) is 0 Å². The quantitative estimate of drug-likeness (QED) is 0.759. The number of hydrogen-bond acceptors (Lipinski definition) is 2. The van der Waals surface area contributed by atoms with Gasteiger partial charge in [-0.2, -0.15) is 0 Å². The summed E-state index contributed by atoms with van der Waals surface area (Å²) in [6.45, 7) is 0. The summed E-state index contributed by atoms with van der Waals surface area (Å²) in [6.07, 6.45) is 2.56. The zero-order chi connectivity index (χ0) is 12.7. The molecule has 0 unspecified atom stereocenters. The van der Waals surface area contributed by atoms with Crippen LogP contribution in [0.2, 0.25) is 0 Å². The van der Waals surface area contributed by atoms with Crippen LogP contribution in [0.15, 0.2) is 53.0 Å². The van der Waals surface area contributed by atoms with Gasteiger partial charge in [0.2, 0.25) is 0 Å². The minimum Gasteiger partial charge on any atom is -0.269 e. The predicted octanol–water partition coefficient (Wildman–Crippen LogP) is 3.03. The zero-order valence-electron chi connectivity index (χ0n) is 9.26. The molecule has 3 rings (SSSR count). The molecule has 0 spiro atoms. The van der Waals surface area contributed by atoms with Crippen LogP contribution in [0.4, 0.5) is 5.69 Å². The molecule has 1 heterocycles. The molecule has 0 saturated carbocycles. The summed E-state index contributed by atoms with van der Waals surface area (Å²) in [5.74, 6) is -0.619. The number of imide groups is 1. The third-order valence-electron chi connectivity index (χ3n) is 2.87. The van der Waals surface area contributed by atoms with Crippen molar-refractivity contribution in [2.75, 3.05) is 4.90 Å². The van der Waals surface area contributed by atoms with E-state index in [1.807, 2.05) is 36.4 Å². The predicted molar refractivity (Wildman–Crippen MR) is 73.3 cm³/mol. The van der Waals surface area contributed by atoms with Crippen LogP contribution in [0.3, 0.4) is 0 Å². The molecule has 3 nitrogen and oxygen atoms in total. The van der Waals surface area contributed by atoms with E-state index in [1.165, 1.54) is 12.2 Å². The van der Waals surface area contributed by atoms with E-state index in [0.717, 1.165) is 20.1 Å². The van der Waals surface area contributed by atoms with Crippen molar-refractivity contribution in [3.63, 3.8) is 0 Å². The van der Waals surface area contributed by atoms with Gasteiger partial charge in [0.15, 0.2) is 0 Å². The van der Waals surface area contributed by atoms with Crippen LogP contribution in [0, 0.1) is 0 Å². The average Bonchev–Trinajstić information content (AvgIpc) is 2.68. The number of halogens is 1. The molecule has 0 radical (unpaired) electrons. The first kappa shape index (κ1) is 11.2. The van der Waals surface area contributed by atoms with E-state index in [4.69, 9.17) is 0 Å². The molecule has 0 atom stereocenters. The minimum atomic E-state index is -0.309. The number of benzene rings is 2. The van der Waals surface area contributed by atoms with Crippen molar-refractivity contribution in [3.8, 4) is 0 Å². The molecule has 1 aliphatic rings. The van der Waals surface area contributed by atoms with Gasteiger partial charge in [0.05, 0.1) is 5.69 Å². The van der Waals surface area contributed by atoms with E-state index >= 15 is 0 Å². The van der Waals surface area contributed by atoms with Gasteiger partial charge < -0.3 is 0 Å². The van der Waals surface area contributed by atoms with Gasteiger partial charge in [-0.25, -0.2) is 4.90 Å². The summed E-state index contributed by atoms with van der Waals surface area (Å²) in [6, 6.07) is 11.5. The maximum absolute atomic E-state index is 11.7. The van der Waals surface area contributed by atoms with Crippen molar-refractivity contribution in [1.29, 1.82) is 0 Å². The second kappa shape index (κ2) is 4.07. The average molecular weight is 302 g/mol. The van der Waals surface area contributed by atoms with Gasteiger partial charge in [-0.05, 0) is 38.8 Å². The van der Waals surface area contributed by atoms with Crippen LogP contribution in [-0.2, 0) is 9.59 Å². The van der Waals surface area contributed by atoms with Gasteiger partial charge in [0, 0.05) is 16.6 Å². The second-order valence-corrected chi connectivity index (χ2v) is 4.85. The summed E-state index contributed by atoms with van der Waals surface area (Å²) >= 11 is 3.41. The number of nitrogens with zero attached hydrogens (tertiary/aromatic N) is 1. The summed E-state index contributed by atoms with van der Waals surface area (Å²) in [5, 5.41) is 2.04. The molecular formula is C14H8BrNO2. The fourth-order valence-electron chi connectivity index (χ4n) is 2.01. The molecule has 0 aromatic heterocycles. The smallest absolute Gasteiger partial charge is 0.258 e. The summed E-state index contributed by atoms with van der Waals surface area (Å²) in [4.78, 5) is 24.5. The number of carbonyl (C=O) groups excluding carboxylic acids is 2. The molecule has 1 aliphatic heterocycles. The Hall–Kier alpha value is -1.94. The Balaban J connectivity index is 2.20. The Morgan fingerprint density at radius 3 is 2.06 bits per heavy atom. The summed E-state index contributed by atoms with van der Waals surface area (Å²) in [5.41, 5.74) is 0.578. The molecule has 4 heteroatoms. The highest BCUT2D eigenvalue weighted by atomic mass is 79.9. The highest BCUT2D eigenvalue weighted by molar-refractivity contribution is 9.10. The number of hydrogen-bond donors (Lipinski definition) is 0. The molecule has 2 aromatic carbocycles. The molecule has 2 aromatic rings. The number of amides is 2. The van der Waals surface area contributed by atoms with Crippen LogP contribution < -0.4 is 4.90 Å². The standard InChI is InChI=1S/C14H8BrNO2/c15-11-7-9-3-1-2-4-10(9)8-12(11)16-13(17)5-6-14(16)18/h1-8H. The Morgan fingerprint density at radius 2 is 1.44 bits per heavy atom. The lowest BCUT2D eigenvalue weighted by Crippen LogP contribution is -2.29. The minimum absolute atomic E-state index is 0.309. The summed E-state index contributed by atoms with van der Waals surface area (Å²) in [7, 11) is 0. The largest absolute Gasteiger partial charge is 0.269 e. The monoisotopic (exact) mass is 301 g/mol. The number of rotatable bonds is 1. The molecular weight excluding hydrogens is 294 g/mol. The number of anilines is 1. The molecule has 0 bridgehead atoms. The van der Waals surface area contributed by atoms with E-state index in [2.05, 4.69) is 15.9 Å². The van der Waals surface area contributed by atoms with Crippen molar-refractivity contribution in [2.45, 2.75) is 0 Å². The third kappa shape index (κ3) is 1.66. The van der Waals surface area contributed by atoms with Crippen molar-refractivity contribution in [2.24, 2.45) is 0 Å². The zero-order valence-corrected chi connectivity index (χ0v) is 10.8. The molecule has 0 N–H and O–H groups in total. The third-order valence-corrected chi connectivity index (χ3v) is 3.50. The lowest BCUT2D eigenvalue weighted by Gasteiger charge is -2.16. The SMILES string of the molecule is O=C1C=CC(=O)N1c1cc2ccccc2cc1Br. The molecule has 0 fully saturated rings. The lowest BCUT2D eigenvalue weighted by molar-refractivity contribution is -0.119. The highest BCUT2D eigenvalue weighted by Crippen LogP contribution is 2.32. The van der Waals surface area contributed by atoms with Crippen molar-refractivity contribution >= 4 is 44.2 Å². The van der Waals surface area contributed by atoms with Crippen molar-refractivity contribution < 1.29 is 9.59 Å². The Bertz CT molecular complexity index is 688. The van der Waals surface area contributed by atoms with E-state index < -0.39 is 0 Å². The first-order chi connectivity index (χ1) is 8.66. The first-order valence-electron chi connectivity index (χ1n) is 5.41. The van der Waals surface area contributed by atoms with Crippen LogP contribution in [0.1, 0.15) is 0 Å². The molecule has 18 heavy (non-hydrogen) atoms. The number of fused-ring (bicyclic) bond motifs is 1. The fourth-order valence-corrected chi connectivity index (χ4v) is 2.55. The van der Waals surface area contributed by atoms with Crippen LogP contribution >= 0.6 is 15.9 Å². The Labute approximate surface area is 112 Å². The molecule has 2 amide bonds. The molecule has 0 saturated heterocycles. The fraction of sp³-hybridized carbons (Fsp3) is 0. The summed E-state index contributed by atoms with van der Waals surface area (Å²) < 4.78 is 0.728. The van der Waals surface area contributed by atoms with E-state index in [0.29, 0.717) is 5.69 Å². The lowest BCUT2D eigenvalue weighted by atomic mass is 10.1. The van der Waals surface area contributed by atoms with Gasteiger partial charge in [0.1, 0.15) is 0 Å². The van der Waals surface area contributed by atoms with Crippen molar-refractivity contribution in [1.82, 2.24) is 0 Å². The Morgan fingerprint density at radius 1 is 0.889 bits per heavy atom. The molecule has 0 aliphatic carbocycles. The van der Waals surface area contributed by atoms with E-state index in [9.17, 15) is 9.59 Å². The van der Waals surface area contributed by atoms with E-state index in [1.54, 1.807) is 0 Å². The van der Waals surface area contributed by atoms with Crippen molar-refractivity contribution in [3.05, 3.63) is 53.0 Å². The van der Waals surface area contributed by atoms with Crippen LogP contribution in [0.25, 0.3) is 10.8 Å². The maximum atomic E-state index is 11.7. The van der Waals surface area contributed by atoms with Gasteiger partial charge >= 0.3 is 0 Å². The topological polar surface area (TPSA) is 37.4 Å². The maximum Gasteiger partial charge on any atom is 0.258 e. The second-order valence-electron chi connectivity index (χ2n) is 4.00. The molecule has 88 valence electrons. The van der Waals surface area contributed by atoms with E-state index in [-0.39, 0.29) is 11.8 Å². The van der Waals surface area contributed by atoms with Gasteiger partial charge in [-0.3, -0.25) is 9.59 Å². The highest BCUT2D eigenvalue weighted by Gasteiger charge is 2.26. The Kier molecular flexibility index (Phi) is 2.52. The normalized spacial score (nSPS) is 14.8.